The molecule has 0 saturated carbocycles. The summed E-state index contributed by atoms with van der Waals surface area (Å²) in [5.41, 5.74) is 0.571. The van der Waals surface area contributed by atoms with Crippen LogP contribution in [0.3, 0.4) is 0 Å². The van der Waals surface area contributed by atoms with Crippen molar-refractivity contribution in [3.63, 3.8) is 0 Å². The summed E-state index contributed by atoms with van der Waals surface area (Å²) in [4.78, 5) is 15.5. The summed E-state index contributed by atoms with van der Waals surface area (Å²) in [6.45, 7) is 1.89. The SMILES string of the molecule is CCOC(=O)c1cnc2cc(CC(F)(F)F)ccn12. The number of alkyl halides is 3. The lowest BCUT2D eigenvalue weighted by molar-refractivity contribution is -0.127. The van der Waals surface area contributed by atoms with Crippen molar-refractivity contribution in [2.75, 3.05) is 6.61 Å². The zero-order chi connectivity index (χ0) is 14.0. The Labute approximate surface area is 106 Å². The second-order valence-corrected chi connectivity index (χ2v) is 3.92. The van der Waals surface area contributed by atoms with E-state index in [4.69, 9.17) is 4.74 Å². The van der Waals surface area contributed by atoms with Crippen LogP contribution in [0.25, 0.3) is 5.65 Å². The minimum absolute atomic E-state index is 0.0982. The fourth-order valence-electron chi connectivity index (χ4n) is 1.72. The van der Waals surface area contributed by atoms with Crippen molar-refractivity contribution in [3.05, 3.63) is 35.8 Å². The van der Waals surface area contributed by atoms with Crippen LogP contribution in [0, 0.1) is 0 Å². The molecule has 0 aliphatic carbocycles. The van der Waals surface area contributed by atoms with Crippen LogP contribution in [-0.4, -0.2) is 28.1 Å². The number of fused-ring (bicyclic) bond motifs is 1. The van der Waals surface area contributed by atoms with Crippen molar-refractivity contribution in [1.82, 2.24) is 9.38 Å². The number of hydrogen-bond acceptors (Lipinski definition) is 3. The Morgan fingerprint density at radius 3 is 2.84 bits per heavy atom. The first-order valence-electron chi connectivity index (χ1n) is 5.60. The second kappa shape index (κ2) is 4.91. The molecule has 19 heavy (non-hydrogen) atoms. The summed E-state index contributed by atoms with van der Waals surface area (Å²) in [6, 6.07) is 2.61. The van der Waals surface area contributed by atoms with Crippen molar-refractivity contribution in [3.8, 4) is 0 Å². The smallest absolute Gasteiger partial charge is 0.393 e. The predicted molar refractivity (Wildman–Crippen MR) is 60.9 cm³/mol. The molecular weight excluding hydrogens is 261 g/mol. The third-order valence-corrected chi connectivity index (χ3v) is 2.47. The van der Waals surface area contributed by atoms with Crippen LogP contribution in [0.15, 0.2) is 24.5 Å². The van der Waals surface area contributed by atoms with E-state index in [1.165, 1.54) is 28.9 Å². The van der Waals surface area contributed by atoms with Gasteiger partial charge in [-0.05, 0) is 24.6 Å². The van der Waals surface area contributed by atoms with E-state index in [2.05, 4.69) is 4.98 Å². The van der Waals surface area contributed by atoms with Gasteiger partial charge in [0.15, 0.2) is 5.69 Å². The van der Waals surface area contributed by atoms with Crippen molar-refractivity contribution in [1.29, 1.82) is 0 Å². The quantitative estimate of drug-likeness (QED) is 0.807. The normalized spacial score (nSPS) is 11.8. The van der Waals surface area contributed by atoms with Crippen molar-refractivity contribution < 1.29 is 22.7 Å². The molecule has 0 atom stereocenters. The van der Waals surface area contributed by atoms with E-state index in [0.717, 1.165) is 0 Å². The highest BCUT2D eigenvalue weighted by molar-refractivity contribution is 5.88. The summed E-state index contributed by atoms with van der Waals surface area (Å²) in [6.07, 6.45) is -2.62. The molecule has 0 aromatic carbocycles. The van der Waals surface area contributed by atoms with E-state index in [1.807, 2.05) is 0 Å². The van der Waals surface area contributed by atoms with E-state index in [9.17, 15) is 18.0 Å². The van der Waals surface area contributed by atoms with Gasteiger partial charge in [0.05, 0.1) is 19.2 Å². The number of halogens is 3. The average Bonchev–Trinajstić information content (AvgIpc) is 2.70. The summed E-state index contributed by atoms with van der Waals surface area (Å²) >= 11 is 0. The van der Waals surface area contributed by atoms with Crippen LogP contribution < -0.4 is 0 Å². The summed E-state index contributed by atoms with van der Waals surface area (Å²) in [7, 11) is 0. The van der Waals surface area contributed by atoms with Crippen LogP contribution in [-0.2, 0) is 11.2 Å². The highest BCUT2D eigenvalue weighted by atomic mass is 19.4. The third kappa shape index (κ3) is 3.04. The van der Waals surface area contributed by atoms with Crippen LogP contribution in [0.5, 0.6) is 0 Å². The van der Waals surface area contributed by atoms with Crippen LogP contribution in [0.1, 0.15) is 23.0 Å². The standard InChI is InChI=1S/C12H11F3N2O2/c1-2-19-11(18)9-7-16-10-5-8(3-4-17(9)10)6-12(13,14)15/h3-5,7H,2,6H2,1H3. The first-order chi connectivity index (χ1) is 8.90. The molecule has 0 spiro atoms. The topological polar surface area (TPSA) is 43.6 Å². The van der Waals surface area contributed by atoms with Gasteiger partial charge in [0.1, 0.15) is 5.65 Å². The number of nitrogens with zero attached hydrogens (tertiary/aromatic N) is 2. The zero-order valence-electron chi connectivity index (χ0n) is 10.1. The number of pyridine rings is 1. The molecule has 4 nitrogen and oxygen atoms in total. The molecule has 0 unspecified atom stereocenters. The predicted octanol–water partition coefficient (Wildman–Crippen LogP) is 2.62. The average molecular weight is 272 g/mol. The van der Waals surface area contributed by atoms with Crippen molar-refractivity contribution >= 4 is 11.6 Å². The van der Waals surface area contributed by atoms with Crippen molar-refractivity contribution in [2.24, 2.45) is 0 Å². The van der Waals surface area contributed by atoms with E-state index in [-0.39, 0.29) is 23.5 Å². The van der Waals surface area contributed by atoms with Gasteiger partial charge in [-0.15, -0.1) is 0 Å². The first-order valence-corrected chi connectivity index (χ1v) is 5.60. The Balaban J connectivity index is 2.34. The fourth-order valence-corrected chi connectivity index (χ4v) is 1.72. The highest BCUT2D eigenvalue weighted by Crippen LogP contribution is 2.22. The molecule has 0 saturated heterocycles. The number of aromatic nitrogens is 2. The van der Waals surface area contributed by atoms with Gasteiger partial charge in [0.2, 0.25) is 0 Å². The van der Waals surface area contributed by atoms with Gasteiger partial charge in [-0.1, -0.05) is 0 Å². The maximum Gasteiger partial charge on any atom is 0.393 e. The molecule has 102 valence electrons. The van der Waals surface area contributed by atoms with E-state index in [0.29, 0.717) is 0 Å². The number of rotatable bonds is 3. The van der Waals surface area contributed by atoms with Gasteiger partial charge in [-0.3, -0.25) is 4.40 Å². The Morgan fingerprint density at radius 2 is 2.21 bits per heavy atom. The maximum atomic E-state index is 12.3. The number of carbonyl (C=O) groups excluding carboxylic acids is 1. The molecular formula is C12H11F3N2O2. The molecule has 7 heteroatoms. The molecule has 0 bridgehead atoms. The Morgan fingerprint density at radius 1 is 1.47 bits per heavy atom. The van der Waals surface area contributed by atoms with Gasteiger partial charge < -0.3 is 4.74 Å². The van der Waals surface area contributed by atoms with Crippen LogP contribution in [0.2, 0.25) is 0 Å². The first kappa shape index (κ1) is 13.4. The lowest BCUT2D eigenvalue weighted by Crippen LogP contribution is -2.12. The Kier molecular flexibility index (Phi) is 3.46. The number of imidazole rings is 1. The summed E-state index contributed by atoms with van der Waals surface area (Å²) in [5, 5.41) is 0. The van der Waals surface area contributed by atoms with Gasteiger partial charge in [0, 0.05) is 6.20 Å². The zero-order valence-corrected chi connectivity index (χ0v) is 10.1. The van der Waals surface area contributed by atoms with E-state index < -0.39 is 18.6 Å². The molecule has 2 aromatic rings. The van der Waals surface area contributed by atoms with E-state index >= 15 is 0 Å². The minimum Gasteiger partial charge on any atom is -0.461 e. The molecule has 2 heterocycles. The molecule has 0 N–H and O–H groups in total. The van der Waals surface area contributed by atoms with Gasteiger partial charge >= 0.3 is 12.1 Å². The van der Waals surface area contributed by atoms with Gasteiger partial charge in [-0.25, -0.2) is 9.78 Å². The maximum absolute atomic E-state index is 12.3. The molecule has 0 fully saturated rings. The summed E-state index contributed by atoms with van der Waals surface area (Å²) < 4.78 is 43.0. The molecule has 0 aliphatic heterocycles. The Bertz CT molecular complexity index is 605. The lowest BCUT2D eigenvalue weighted by atomic mass is 10.2. The molecule has 2 rings (SSSR count). The molecule has 2 aromatic heterocycles. The van der Waals surface area contributed by atoms with Crippen molar-refractivity contribution in [2.45, 2.75) is 19.5 Å². The number of hydrogen-bond donors (Lipinski definition) is 0. The number of esters is 1. The lowest BCUT2D eigenvalue weighted by Gasteiger charge is -2.07. The highest BCUT2D eigenvalue weighted by Gasteiger charge is 2.27. The fraction of sp³-hybridized carbons (Fsp3) is 0.333. The largest absolute Gasteiger partial charge is 0.461 e. The van der Waals surface area contributed by atoms with Gasteiger partial charge in [-0.2, -0.15) is 13.2 Å². The molecule has 0 radical (unpaired) electrons. The van der Waals surface area contributed by atoms with Crippen LogP contribution >= 0.6 is 0 Å². The minimum atomic E-state index is -4.27. The van der Waals surface area contributed by atoms with Crippen LogP contribution in [0.4, 0.5) is 13.2 Å². The third-order valence-electron chi connectivity index (χ3n) is 2.47. The molecule has 0 aliphatic rings. The summed E-state index contributed by atoms with van der Waals surface area (Å²) in [5.74, 6) is -0.557. The molecule has 0 amide bonds. The second-order valence-electron chi connectivity index (χ2n) is 3.92. The monoisotopic (exact) mass is 272 g/mol. The number of ether oxygens (including phenoxy) is 1. The Hall–Kier alpha value is -2.05. The van der Waals surface area contributed by atoms with Gasteiger partial charge in [0.25, 0.3) is 0 Å². The van der Waals surface area contributed by atoms with E-state index in [1.54, 1.807) is 6.92 Å². The number of carbonyl (C=O) groups is 1.